The number of rotatable bonds is 3. The van der Waals surface area contributed by atoms with Crippen molar-refractivity contribution >= 4 is 7.82 Å². The van der Waals surface area contributed by atoms with Crippen LogP contribution in [-0.2, 0) is 9.09 Å². The predicted octanol–water partition coefficient (Wildman–Crippen LogP) is -2.93. The Hall–Kier alpha value is 0.0700. The summed E-state index contributed by atoms with van der Waals surface area (Å²) in [7, 11) is -4.72. The second-order valence-electron chi connectivity index (χ2n) is 1.13. The molecule has 0 radical (unpaired) electrons. The van der Waals surface area contributed by atoms with E-state index in [4.69, 9.17) is 0 Å². The lowest BCUT2D eigenvalue weighted by molar-refractivity contribution is -0.382. The zero-order chi connectivity index (χ0) is 6.62. The maximum absolute atomic E-state index is 9.61. The average molecular weight is 140 g/mol. The topological polar surface area (TPSA) is 100 Å². The first kappa shape index (κ1) is 8.07. The van der Waals surface area contributed by atoms with Gasteiger partial charge in [-0.1, -0.05) is 0 Å². The van der Waals surface area contributed by atoms with Crippen LogP contribution in [0.15, 0.2) is 0 Å². The lowest BCUT2D eigenvalue weighted by atomic mass is 10.8. The Bertz CT molecular complexity index is 98.2. The Kier molecular flexibility index (Phi) is 3.19. The van der Waals surface area contributed by atoms with Crippen LogP contribution in [-0.4, -0.2) is 13.2 Å². The standard InChI is InChI=1S/C2H8NO4P/c3-1-2-7-8(4,5)6/h1-3H2,(H2,4,5,6)/p-1. The molecule has 0 aliphatic carbocycles. The highest BCUT2D eigenvalue weighted by Crippen LogP contribution is 2.22. The van der Waals surface area contributed by atoms with Gasteiger partial charge in [0.25, 0.3) is 0 Å². The molecule has 0 aromatic rings. The van der Waals surface area contributed by atoms with Gasteiger partial charge in [-0.25, -0.2) is 0 Å². The van der Waals surface area contributed by atoms with Crippen LogP contribution in [0.25, 0.3) is 0 Å². The van der Waals surface area contributed by atoms with E-state index < -0.39 is 7.82 Å². The fourth-order valence-electron chi connectivity index (χ4n) is 0.176. The summed E-state index contributed by atoms with van der Waals surface area (Å²) in [5.74, 6) is 0. The van der Waals surface area contributed by atoms with Gasteiger partial charge in [0.1, 0.15) is 6.61 Å². The fourth-order valence-corrected chi connectivity index (χ4v) is 0.529. The Morgan fingerprint density at radius 1 is 1.62 bits per heavy atom. The summed E-state index contributed by atoms with van der Waals surface area (Å²) in [5, 5.41) is 0. The molecule has 5 nitrogen and oxygen atoms in total. The molecule has 0 saturated heterocycles. The molecule has 0 rings (SSSR count). The third-order valence-corrected chi connectivity index (χ3v) is 0.893. The van der Waals surface area contributed by atoms with Crippen LogP contribution in [0.1, 0.15) is 0 Å². The van der Waals surface area contributed by atoms with Gasteiger partial charge in [-0.05, 0) is 0 Å². The van der Waals surface area contributed by atoms with Gasteiger partial charge in [0.2, 0.25) is 0 Å². The van der Waals surface area contributed by atoms with Gasteiger partial charge in [-0.3, -0.25) is 0 Å². The van der Waals surface area contributed by atoms with Crippen molar-refractivity contribution in [3.05, 3.63) is 0 Å². The first-order chi connectivity index (χ1) is 3.56. The monoisotopic (exact) mass is 140 g/mol. The molecule has 0 unspecified atom stereocenters. The molecule has 0 fully saturated rings. The summed E-state index contributed by atoms with van der Waals surface area (Å²) >= 11 is 0. The first-order valence-corrected chi connectivity index (χ1v) is 3.48. The van der Waals surface area contributed by atoms with Gasteiger partial charge in [-0.15, -0.1) is 0 Å². The molecule has 8 heavy (non-hydrogen) atoms. The molecular weight excluding hydrogens is 133 g/mol. The van der Waals surface area contributed by atoms with Crippen molar-refractivity contribution in [3.8, 4) is 0 Å². The van der Waals surface area contributed by atoms with Crippen molar-refractivity contribution in [1.82, 2.24) is 0 Å². The van der Waals surface area contributed by atoms with E-state index in [1.54, 1.807) is 0 Å². The van der Waals surface area contributed by atoms with E-state index in [1.165, 1.54) is 0 Å². The molecule has 0 heterocycles. The first-order valence-electron chi connectivity index (χ1n) is 2.02. The molecule has 0 aromatic heterocycles. The molecule has 0 amide bonds. The molecule has 0 spiro atoms. The molecule has 0 aliphatic heterocycles. The van der Waals surface area contributed by atoms with Crippen LogP contribution in [0.5, 0.6) is 0 Å². The highest BCUT2D eigenvalue weighted by Gasteiger charge is 1.87. The van der Waals surface area contributed by atoms with Crippen molar-refractivity contribution < 1.29 is 24.6 Å². The number of phosphoric ester groups is 1. The predicted molar refractivity (Wildman–Crippen MR) is 21.3 cm³/mol. The summed E-state index contributed by atoms with van der Waals surface area (Å²) in [6, 6.07) is 0. The molecule has 0 aliphatic rings. The zero-order valence-electron chi connectivity index (χ0n) is 4.20. The molecule has 0 bridgehead atoms. The van der Waals surface area contributed by atoms with Crippen LogP contribution in [0.3, 0.4) is 0 Å². The van der Waals surface area contributed by atoms with Crippen LogP contribution in [0, 0.1) is 0 Å². The second kappa shape index (κ2) is 3.17. The van der Waals surface area contributed by atoms with Crippen LogP contribution in [0.4, 0.5) is 0 Å². The summed E-state index contributed by atoms with van der Waals surface area (Å²) in [4.78, 5) is 19.2. The third-order valence-electron chi connectivity index (χ3n) is 0.394. The van der Waals surface area contributed by atoms with Crippen LogP contribution < -0.4 is 15.5 Å². The smallest absolute Gasteiger partial charge is 0.101 e. The van der Waals surface area contributed by atoms with Gasteiger partial charge in [0, 0.05) is 0 Å². The van der Waals surface area contributed by atoms with Gasteiger partial charge in [0.05, 0.1) is 14.4 Å². The van der Waals surface area contributed by atoms with Gasteiger partial charge >= 0.3 is 0 Å². The van der Waals surface area contributed by atoms with E-state index in [2.05, 4.69) is 10.3 Å². The van der Waals surface area contributed by atoms with E-state index in [-0.39, 0.29) is 13.2 Å². The molecule has 0 atom stereocenters. The fraction of sp³-hybridized carbons (Fsp3) is 1.00. The average Bonchev–Trinajstić information content (AvgIpc) is 1.59. The summed E-state index contributed by atoms with van der Waals surface area (Å²) < 4.78 is 13.4. The minimum Gasteiger partial charge on any atom is -0.790 e. The lowest BCUT2D eigenvalue weighted by Crippen LogP contribution is -2.52. The normalized spacial score (nSPS) is 11.9. The highest BCUT2D eigenvalue weighted by molar-refractivity contribution is 7.43. The van der Waals surface area contributed by atoms with Crippen LogP contribution >= 0.6 is 7.82 Å². The van der Waals surface area contributed by atoms with Crippen molar-refractivity contribution in [2.75, 3.05) is 13.2 Å². The molecular formula is C2H7NO4P-. The molecule has 3 N–H and O–H groups in total. The number of phosphoric acid groups is 1. The molecule has 6 heteroatoms. The summed E-state index contributed by atoms with van der Waals surface area (Å²) in [5.41, 5.74) is 3.26. The van der Waals surface area contributed by atoms with Crippen molar-refractivity contribution in [3.63, 3.8) is 0 Å². The van der Waals surface area contributed by atoms with E-state index in [0.29, 0.717) is 0 Å². The molecule has 0 aromatic carbocycles. The Morgan fingerprint density at radius 3 is 2.25 bits per heavy atom. The highest BCUT2D eigenvalue weighted by atomic mass is 31.2. The van der Waals surface area contributed by atoms with E-state index >= 15 is 0 Å². The Balaban J connectivity index is 3.26. The molecule has 50 valence electrons. The third kappa shape index (κ3) is 6.07. The Morgan fingerprint density at radius 2 is 2.12 bits per heavy atom. The van der Waals surface area contributed by atoms with Gasteiger partial charge in [0.15, 0.2) is 0 Å². The number of hydrogen-bond donors (Lipinski definition) is 1. The van der Waals surface area contributed by atoms with E-state index in [9.17, 15) is 14.4 Å². The quantitative estimate of drug-likeness (QED) is 0.424. The zero-order valence-corrected chi connectivity index (χ0v) is 5.10. The Labute approximate surface area is 46.7 Å². The van der Waals surface area contributed by atoms with Crippen LogP contribution in [0.2, 0.25) is 0 Å². The number of quaternary nitrogens is 1. The lowest BCUT2D eigenvalue weighted by Gasteiger charge is -2.27. The van der Waals surface area contributed by atoms with E-state index in [0.717, 1.165) is 0 Å². The van der Waals surface area contributed by atoms with Gasteiger partial charge < -0.3 is 24.6 Å². The minimum absolute atomic E-state index is 0.121. The van der Waals surface area contributed by atoms with Crippen molar-refractivity contribution in [1.29, 1.82) is 0 Å². The SMILES string of the molecule is [NH3+]CCOP(=O)([O-])[O-]. The maximum atomic E-state index is 9.61. The number of hydrogen-bond acceptors (Lipinski definition) is 4. The summed E-state index contributed by atoms with van der Waals surface area (Å²) in [6.07, 6.45) is 0. The minimum atomic E-state index is -4.72. The maximum Gasteiger partial charge on any atom is 0.101 e. The van der Waals surface area contributed by atoms with Crippen molar-refractivity contribution in [2.24, 2.45) is 0 Å². The second-order valence-corrected chi connectivity index (χ2v) is 2.29. The van der Waals surface area contributed by atoms with E-state index in [1.807, 2.05) is 0 Å². The molecule has 0 saturated carbocycles. The van der Waals surface area contributed by atoms with Gasteiger partial charge in [-0.2, -0.15) is 0 Å². The summed E-state index contributed by atoms with van der Waals surface area (Å²) in [6.45, 7) is 0.165. The van der Waals surface area contributed by atoms with Crippen molar-refractivity contribution in [2.45, 2.75) is 0 Å². The largest absolute Gasteiger partial charge is 0.790 e.